The summed E-state index contributed by atoms with van der Waals surface area (Å²) in [5, 5.41) is 10.9. The maximum absolute atomic E-state index is 12.8. The molecule has 27 heavy (non-hydrogen) atoms. The molecule has 0 atom stereocenters. The maximum Gasteiger partial charge on any atom is 0.243 e. The van der Waals surface area contributed by atoms with E-state index in [0.717, 1.165) is 15.7 Å². The van der Waals surface area contributed by atoms with Crippen LogP contribution in [0.3, 0.4) is 0 Å². The van der Waals surface area contributed by atoms with Gasteiger partial charge in [0.15, 0.2) is 0 Å². The number of benzene rings is 1. The van der Waals surface area contributed by atoms with E-state index < -0.39 is 10.0 Å². The second kappa shape index (κ2) is 7.85. The van der Waals surface area contributed by atoms with E-state index in [0.29, 0.717) is 37.0 Å². The minimum atomic E-state index is -3.42. The molecule has 4 rings (SSSR count). The number of anilines is 1. The van der Waals surface area contributed by atoms with Gasteiger partial charge in [-0.25, -0.2) is 8.42 Å². The minimum absolute atomic E-state index is 0.372. The lowest BCUT2D eigenvalue weighted by Crippen LogP contribution is -2.48. The number of hydrogen-bond acceptors (Lipinski definition) is 6. The number of aryl methyl sites for hydroxylation is 1. The molecule has 1 saturated heterocycles. The van der Waals surface area contributed by atoms with Crippen LogP contribution in [0, 0.1) is 6.92 Å². The molecule has 1 aromatic heterocycles. The van der Waals surface area contributed by atoms with E-state index in [1.165, 1.54) is 32.1 Å². The summed E-state index contributed by atoms with van der Waals surface area (Å²) in [5.74, 6) is 0.563. The smallest absolute Gasteiger partial charge is 0.243 e. The van der Waals surface area contributed by atoms with Crippen LogP contribution in [0.1, 0.15) is 48.6 Å². The number of aromatic nitrogens is 2. The highest BCUT2D eigenvalue weighted by Gasteiger charge is 2.30. The number of rotatable bonds is 4. The van der Waals surface area contributed by atoms with Crippen molar-refractivity contribution >= 4 is 26.5 Å². The van der Waals surface area contributed by atoms with E-state index in [4.69, 9.17) is 0 Å². The maximum atomic E-state index is 12.8. The lowest BCUT2D eigenvalue weighted by Gasteiger charge is -2.33. The zero-order chi connectivity index (χ0) is 18.9. The highest BCUT2D eigenvalue weighted by atomic mass is 32.2. The molecular weight excluding hydrogens is 380 g/mol. The summed E-state index contributed by atoms with van der Waals surface area (Å²) in [5.41, 5.74) is 1.06. The van der Waals surface area contributed by atoms with Gasteiger partial charge in [0.1, 0.15) is 5.01 Å². The van der Waals surface area contributed by atoms with Crippen LogP contribution in [0.25, 0.3) is 0 Å². The van der Waals surface area contributed by atoms with Crippen molar-refractivity contribution in [2.24, 2.45) is 0 Å². The number of hydrogen-bond donors (Lipinski definition) is 0. The molecule has 2 fully saturated rings. The van der Waals surface area contributed by atoms with Gasteiger partial charge in [0.25, 0.3) is 0 Å². The van der Waals surface area contributed by atoms with Gasteiger partial charge in [-0.2, -0.15) is 4.31 Å². The molecule has 1 aliphatic carbocycles. The van der Waals surface area contributed by atoms with E-state index in [1.807, 2.05) is 19.1 Å². The van der Waals surface area contributed by atoms with Crippen LogP contribution in [0.2, 0.25) is 0 Å². The molecule has 1 aromatic carbocycles. The fourth-order valence-electron chi connectivity index (χ4n) is 3.85. The summed E-state index contributed by atoms with van der Waals surface area (Å²) in [6.07, 6.45) is 6.35. The second-order valence-electron chi connectivity index (χ2n) is 7.46. The fourth-order valence-corrected chi connectivity index (χ4v) is 6.33. The predicted molar refractivity (Wildman–Crippen MR) is 108 cm³/mol. The lowest BCUT2D eigenvalue weighted by atomic mass is 9.90. The molecule has 2 aromatic rings. The molecule has 0 radical (unpaired) electrons. The lowest BCUT2D eigenvalue weighted by molar-refractivity contribution is 0.384. The first kappa shape index (κ1) is 18.8. The third kappa shape index (κ3) is 4.02. The number of sulfonamides is 1. The largest absolute Gasteiger partial charge is 0.344 e. The Bertz CT molecular complexity index is 865. The molecule has 0 bridgehead atoms. The summed E-state index contributed by atoms with van der Waals surface area (Å²) >= 11 is 1.69. The minimum Gasteiger partial charge on any atom is -0.344 e. The first-order valence-corrected chi connectivity index (χ1v) is 11.9. The topological polar surface area (TPSA) is 66.4 Å². The SMILES string of the molecule is Cc1ccc(S(=O)(=O)N2CCN(c3nnc(C4CCCCC4)s3)CC2)cc1. The Morgan fingerprint density at radius 3 is 2.30 bits per heavy atom. The van der Waals surface area contributed by atoms with Crippen molar-refractivity contribution in [2.75, 3.05) is 31.1 Å². The first-order valence-electron chi connectivity index (χ1n) is 9.69. The van der Waals surface area contributed by atoms with Crippen LogP contribution in [0.5, 0.6) is 0 Å². The Labute approximate surface area is 165 Å². The van der Waals surface area contributed by atoms with Crippen molar-refractivity contribution in [3.63, 3.8) is 0 Å². The van der Waals surface area contributed by atoms with E-state index >= 15 is 0 Å². The third-order valence-electron chi connectivity index (χ3n) is 5.55. The molecule has 0 N–H and O–H groups in total. The molecule has 0 unspecified atom stereocenters. The first-order chi connectivity index (χ1) is 13.0. The Kier molecular flexibility index (Phi) is 5.48. The average Bonchev–Trinajstić information content (AvgIpc) is 3.19. The summed E-state index contributed by atoms with van der Waals surface area (Å²) in [6.45, 7) is 4.23. The molecule has 1 saturated carbocycles. The highest BCUT2D eigenvalue weighted by Crippen LogP contribution is 2.36. The Hall–Kier alpha value is -1.51. The second-order valence-corrected chi connectivity index (χ2v) is 10.4. The van der Waals surface area contributed by atoms with Gasteiger partial charge in [0.2, 0.25) is 15.2 Å². The van der Waals surface area contributed by atoms with Gasteiger partial charge < -0.3 is 4.90 Å². The van der Waals surface area contributed by atoms with Gasteiger partial charge in [-0.3, -0.25) is 0 Å². The van der Waals surface area contributed by atoms with Crippen LogP contribution in [0.15, 0.2) is 29.2 Å². The van der Waals surface area contributed by atoms with Gasteiger partial charge in [-0.05, 0) is 31.9 Å². The standard InChI is InChI=1S/C19H26N4O2S2/c1-15-7-9-17(10-8-15)27(24,25)23-13-11-22(12-14-23)19-21-20-18(26-19)16-5-3-2-4-6-16/h7-10,16H,2-6,11-14H2,1H3. The van der Waals surface area contributed by atoms with Crippen molar-refractivity contribution in [3.8, 4) is 0 Å². The molecule has 1 aliphatic heterocycles. The van der Waals surface area contributed by atoms with E-state index in [2.05, 4.69) is 15.1 Å². The molecule has 2 heterocycles. The van der Waals surface area contributed by atoms with Crippen molar-refractivity contribution in [2.45, 2.75) is 49.8 Å². The fraction of sp³-hybridized carbons (Fsp3) is 0.579. The summed E-state index contributed by atoms with van der Waals surface area (Å²) in [6, 6.07) is 7.07. The Morgan fingerprint density at radius 1 is 0.963 bits per heavy atom. The molecule has 6 nitrogen and oxygen atoms in total. The molecule has 2 aliphatic rings. The van der Waals surface area contributed by atoms with Crippen LogP contribution < -0.4 is 4.90 Å². The van der Waals surface area contributed by atoms with Crippen LogP contribution in [0.4, 0.5) is 5.13 Å². The molecule has 0 amide bonds. The molecule has 8 heteroatoms. The Balaban J connectivity index is 1.40. The van der Waals surface area contributed by atoms with Crippen molar-refractivity contribution in [1.29, 1.82) is 0 Å². The summed E-state index contributed by atoms with van der Waals surface area (Å²) in [4.78, 5) is 2.54. The third-order valence-corrected chi connectivity index (χ3v) is 8.61. The summed E-state index contributed by atoms with van der Waals surface area (Å²) < 4.78 is 27.2. The van der Waals surface area contributed by atoms with E-state index in [1.54, 1.807) is 27.8 Å². The Morgan fingerprint density at radius 2 is 1.63 bits per heavy atom. The van der Waals surface area contributed by atoms with Crippen molar-refractivity contribution < 1.29 is 8.42 Å². The zero-order valence-electron chi connectivity index (χ0n) is 15.7. The van der Waals surface area contributed by atoms with Gasteiger partial charge in [-0.1, -0.05) is 48.3 Å². The van der Waals surface area contributed by atoms with Gasteiger partial charge >= 0.3 is 0 Å². The highest BCUT2D eigenvalue weighted by molar-refractivity contribution is 7.89. The van der Waals surface area contributed by atoms with E-state index in [9.17, 15) is 8.42 Å². The van der Waals surface area contributed by atoms with Crippen LogP contribution >= 0.6 is 11.3 Å². The monoisotopic (exact) mass is 406 g/mol. The summed E-state index contributed by atoms with van der Waals surface area (Å²) in [7, 11) is -3.42. The quantitative estimate of drug-likeness (QED) is 0.778. The van der Waals surface area contributed by atoms with Crippen molar-refractivity contribution in [1.82, 2.24) is 14.5 Å². The van der Waals surface area contributed by atoms with Gasteiger partial charge in [0, 0.05) is 32.1 Å². The molecular formula is C19H26N4O2S2. The van der Waals surface area contributed by atoms with E-state index in [-0.39, 0.29) is 0 Å². The van der Waals surface area contributed by atoms with Crippen molar-refractivity contribution in [3.05, 3.63) is 34.8 Å². The number of nitrogens with zero attached hydrogens (tertiary/aromatic N) is 4. The molecule has 0 spiro atoms. The van der Waals surface area contributed by atoms with Crippen LogP contribution in [-0.2, 0) is 10.0 Å². The predicted octanol–water partition coefficient (Wildman–Crippen LogP) is 3.41. The van der Waals surface area contributed by atoms with Crippen LogP contribution in [-0.4, -0.2) is 49.1 Å². The number of piperazine rings is 1. The average molecular weight is 407 g/mol. The van der Waals surface area contributed by atoms with Gasteiger partial charge in [-0.15, -0.1) is 10.2 Å². The normalized spacial score (nSPS) is 20.1. The molecule has 146 valence electrons. The van der Waals surface area contributed by atoms with Gasteiger partial charge in [0.05, 0.1) is 4.90 Å². The zero-order valence-corrected chi connectivity index (χ0v) is 17.3.